The van der Waals surface area contributed by atoms with Crippen molar-refractivity contribution in [3.05, 3.63) is 53.1 Å². The maximum Gasteiger partial charge on any atom is 0.231 e. The first-order chi connectivity index (χ1) is 13.4. The molecule has 0 bridgehead atoms. The van der Waals surface area contributed by atoms with Crippen LogP contribution in [0.25, 0.3) is 0 Å². The molecule has 1 saturated carbocycles. The zero-order valence-electron chi connectivity index (χ0n) is 15.4. The highest BCUT2D eigenvalue weighted by Gasteiger charge is 2.70. The van der Waals surface area contributed by atoms with Crippen LogP contribution in [0.15, 0.2) is 47.4 Å². The van der Waals surface area contributed by atoms with Gasteiger partial charge in [-0.2, -0.15) is 0 Å². The maximum atomic E-state index is 13.5. The molecule has 0 saturated heterocycles. The number of sulfone groups is 1. The number of ether oxygens (including phenoxy) is 3. The van der Waals surface area contributed by atoms with E-state index in [4.69, 9.17) is 31.5 Å². The van der Waals surface area contributed by atoms with E-state index in [0.29, 0.717) is 23.1 Å². The van der Waals surface area contributed by atoms with Crippen LogP contribution in [0.2, 0.25) is 5.02 Å². The summed E-state index contributed by atoms with van der Waals surface area (Å²) in [4.78, 5) is 0.236. The van der Waals surface area contributed by atoms with Crippen molar-refractivity contribution < 1.29 is 22.6 Å². The molecular formula is C20H22ClNO5S. The fourth-order valence-corrected chi connectivity index (χ4v) is 6.66. The summed E-state index contributed by atoms with van der Waals surface area (Å²) in [7, 11) is -3.63. The smallest absolute Gasteiger partial charge is 0.231 e. The highest BCUT2D eigenvalue weighted by atomic mass is 35.5. The molecule has 2 aromatic rings. The Morgan fingerprint density at radius 2 is 1.89 bits per heavy atom. The Kier molecular flexibility index (Phi) is 5.03. The lowest BCUT2D eigenvalue weighted by Gasteiger charge is -2.16. The van der Waals surface area contributed by atoms with Gasteiger partial charge in [0.2, 0.25) is 6.79 Å². The molecule has 8 heteroatoms. The molecule has 1 aliphatic carbocycles. The summed E-state index contributed by atoms with van der Waals surface area (Å²) < 4.78 is 43.4. The minimum atomic E-state index is -3.63. The summed E-state index contributed by atoms with van der Waals surface area (Å²) in [6.07, 6.45) is 0. The fraction of sp³-hybridized carbons (Fsp3) is 0.400. The van der Waals surface area contributed by atoms with Crippen LogP contribution in [0.1, 0.15) is 18.4 Å². The molecule has 150 valence electrons. The first-order valence-electron chi connectivity index (χ1n) is 9.11. The van der Waals surface area contributed by atoms with Crippen molar-refractivity contribution in [2.24, 2.45) is 11.1 Å². The van der Waals surface area contributed by atoms with Crippen molar-refractivity contribution in [2.75, 3.05) is 26.6 Å². The lowest BCUT2D eigenvalue weighted by Crippen LogP contribution is -2.29. The minimum absolute atomic E-state index is 0.164. The molecular weight excluding hydrogens is 402 g/mol. The van der Waals surface area contributed by atoms with E-state index >= 15 is 0 Å². The molecule has 1 heterocycles. The summed E-state index contributed by atoms with van der Waals surface area (Å²) in [5.41, 5.74) is 6.28. The Hall–Kier alpha value is -1.80. The van der Waals surface area contributed by atoms with E-state index in [1.165, 1.54) is 12.1 Å². The maximum absolute atomic E-state index is 13.5. The van der Waals surface area contributed by atoms with Gasteiger partial charge in [-0.05, 0) is 48.9 Å². The average molecular weight is 424 g/mol. The van der Waals surface area contributed by atoms with Crippen LogP contribution in [-0.4, -0.2) is 40.2 Å². The molecule has 4 rings (SSSR count). The number of halogens is 1. The zero-order chi connectivity index (χ0) is 19.9. The molecule has 2 N–H and O–H groups in total. The van der Waals surface area contributed by atoms with Gasteiger partial charge in [-0.3, -0.25) is 0 Å². The second-order valence-electron chi connectivity index (χ2n) is 7.08. The van der Waals surface area contributed by atoms with Crippen molar-refractivity contribution in [1.82, 2.24) is 0 Å². The summed E-state index contributed by atoms with van der Waals surface area (Å²) in [6.45, 7) is 3.01. The minimum Gasteiger partial charge on any atom is -0.454 e. The van der Waals surface area contributed by atoms with Gasteiger partial charge in [-0.25, -0.2) is 8.42 Å². The van der Waals surface area contributed by atoms with Crippen molar-refractivity contribution in [1.29, 1.82) is 0 Å². The van der Waals surface area contributed by atoms with Crippen molar-refractivity contribution in [2.45, 2.75) is 23.0 Å². The molecule has 1 fully saturated rings. The first-order valence-corrected chi connectivity index (χ1v) is 11.0. The second kappa shape index (κ2) is 7.22. The van der Waals surface area contributed by atoms with Crippen LogP contribution in [0.5, 0.6) is 11.5 Å². The number of hydrogen-bond acceptors (Lipinski definition) is 6. The van der Waals surface area contributed by atoms with Gasteiger partial charge in [0.05, 0.1) is 16.8 Å². The quantitative estimate of drug-likeness (QED) is 0.736. The van der Waals surface area contributed by atoms with Crippen molar-refractivity contribution in [3.63, 3.8) is 0 Å². The zero-order valence-corrected chi connectivity index (χ0v) is 17.0. The van der Waals surface area contributed by atoms with Gasteiger partial charge in [0.15, 0.2) is 21.3 Å². The Morgan fingerprint density at radius 3 is 2.57 bits per heavy atom. The van der Waals surface area contributed by atoms with E-state index in [1.807, 2.05) is 25.1 Å². The summed E-state index contributed by atoms with van der Waals surface area (Å²) in [5, 5.41) is -0.195. The largest absolute Gasteiger partial charge is 0.454 e. The Balaban J connectivity index is 1.75. The Bertz CT molecular complexity index is 979. The van der Waals surface area contributed by atoms with Gasteiger partial charge in [0.25, 0.3) is 0 Å². The molecule has 28 heavy (non-hydrogen) atoms. The Morgan fingerprint density at radius 1 is 1.18 bits per heavy atom. The molecule has 3 atom stereocenters. The Labute approximate surface area is 169 Å². The van der Waals surface area contributed by atoms with Crippen LogP contribution in [0.3, 0.4) is 0 Å². The topological polar surface area (TPSA) is 87.8 Å². The molecule has 0 amide bonds. The van der Waals surface area contributed by atoms with Crippen molar-refractivity contribution in [3.8, 4) is 11.5 Å². The fourth-order valence-electron chi connectivity index (χ4n) is 4.09. The number of nitrogens with two attached hydrogens (primary N) is 1. The second-order valence-corrected chi connectivity index (χ2v) is 9.59. The van der Waals surface area contributed by atoms with Gasteiger partial charge >= 0.3 is 0 Å². The monoisotopic (exact) mass is 423 g/mol. The molecule has 6 nitrogen and oxygen atoms in total. The molecule has 2 aromatic carbocycles. The first kappa shape index (κ1) is 19.5. The van der Waals surface area contributed by atoms with Crippen LogP contribution >= 0.6 is 11.6 Å². The number of benzene rings is 2. The average Bonchev–Trinajstić information content (AvgIpc) is 3.15. The van der Waals surface area contributed by atoms with Crippen LogP contribution < -0.4 is 15.2 Å². The van der Waals surface area contributed by atoms with Crippen LogP contribution in [-0.2, 0) is 14.6 Å². The van der Waals surface area contributed by atoms with Gasteiger partial charge in [-0.15, -0.1) is 0 Å². The third-order valence-electron chi connectivity index (χ3n) is 5.57. The van der Waals surface area contributed by atoms with Crippen LogP contribution in [0, 0.1) is 5.41 Å². The number of rotatable bonds is 7. The van der Waals surface area contributed by atoms with E-state index in [2.05, 4.69) is 0 Å². The third-order valence-corrected chi connectivity index (χ3v) is 8.16. The highest BCUT2D eigenvalue weighted by molar-refractivity contribution is 7.92. The standard InChI is InChI=1S/C20H22ClNO5S/c1-2-25-11-20(10-22)18(13-3-8-16-17(9-13)27-12-26-16)19(20)28(23,24)15-6-4-14(21)5-7-15/h3-9,18-19H,2,10-12,22H2,1H3/t18-,19-,20+/m0/s1. The van der Waals surface area contributed by atoms with E-state index in [0.717, 1.165) is 5.56 Å². The van der Waals surface area contributed by atoms with Gasteiger partial charge in [-0.1, -0.05) is 17.7 Å². The molecule has 2 aliphatic rings. The van der Waals surface area contributed by atoms with E-state index in [-0.39, 0.29) is 30.8 Å². The molecule has 0 aromatic heterocycles. The lowest BCUT2D eigenvalue weighted by atomic mass is 9.99. The molecule has 0 radical (unpaired) electrons. The summed E-state index contributed by atoms with van der Waals surface area (Å²) >= 11 is 5.93. The predicted octanol–water partition coefficient (Wildman–Crippen LogP) is 2.99. The van der Waals surface area contributed by atoms with E-state index in [9.17, 15) is 8.42 Å². The molecule has 1 aliphatic heterocycles. The highest BCUT2D eigenvalue weighted by Crippen LogP contribution is 2.64. The number of fused-ring (bicyclic) bond motifs is 1. The van der Waals surface area contributed by atoms with E-state index < -0.39 is 20.5 Å². The lowest BCUT2D eigenvalue weighted by molar-refractivity contribution is 0.101. The SMILES string of the molecule is CCOC[C@]1(CN)[C@@H](c2ccc3c(c2)OCO3)[C@@H]1S(=O)(=O)c1ccc(Cl)cc1. The van der Waals surface area contributed by atoms with Gasteiger partial charge in [0.1, 0.15) is 0 Å². The summed E-state index contributed by atoms with van der Waals surface area (Å²) in [6, 6.07) is 11.8. The third kappa shape index (κ3) is 3.06. The van der Waals surface area contributed by atoms with Gasteiger partial charge < -0.3 is 19.9 Å². The molecule has 0 unspecified atom stereocenters. The van der Waals surface area contributed by atoms with Gasteiger partial charge in [0, 0.05) is 29.5 Å². The van der Waals surface area contributed by atoms with Crippen molar-refractivity contribution >= 4 is 21.4 Å². The number of hydrogen-bond donors (Lipinski definition) is 1. The molecule has 0 spiro atoms. The van der Waals surface area contributed by atoms with Crippen LogP contribution in [0.4, 0.5) is 0 Å². The van der Waals surface area contributed by atoms with E-state index in [1.54, 1.807) is 12.1 Å². The predicted molar refractivity (Wildman–Crippen MR) is 106 cm³/mol. The normalized spacial score (nSPS) is 25.7. The summed E-state index contributed by atoms with van der Waals surface area (Å²) in [5.74, 6) is 0.985.